The Labute approximate surface area is 102 Å². The predicted octanol–water partition coefficient (Wildman–Crippen LogP) is 0.555. The van der Waals surface area contributed by atoms with E-state index < -0.39 is 0 Å². The third kappa shape index (κ3) is 3.94. The Balaban J connectivity index is 2.54. The first kappa shape index (κ1) is 13.3. The van der Waals surface area contributed by atoms with Crippen molar-refractivity contribution in [1.29, 1.82) is 0 Å². The van der Waals surface area contributed by atoms with Gasteiger partial charge in [-0.2, -0.15) is 0 Å². The van der Waals surface area contributed by atoms with Gasteiger partial charge in [0.2, 0.25) is 5.91 Å². The first-order chi connectivity index (χ1) is 8.04. The molecule has 0 aromatic heterocycles. The minimum Gasteiger partial charge on any atom is -0.384 e. The van der Waals surface area contributed by atoms with Crippen LogP contribution in [0.1, 0.15) is 13.8 Å². The van der Waals surface area contributed by atoms with Gasteiger partial charge in [-0.05, 0) is 25.8 Å². The van der Waals surface area contributed by atoms with Gasteiger partial charge in [-0.15, -0.1) is 0 Å². The van der Waals surface area contributed by atoms with Gasteiger partial charge in [0, 0.05) is 38.8 Å². The van der Waals surface area contributed by atoms with Gasteiger partial charge in [-0.3, -0.25) is 4.79 Å². The lowest BCUT2D eigenvalue weighted by Crippen LogP contribution is -2.47. The Morgan fingerprint density at radius 2 is 1.71 bits per heavy atom. The number of hydrogen-bond acceptors (Lipinski definition) is 4. The number of nitrogens with two attached hydrogens (primary N) is 1. The zero-order valence-corrected chi connectivity index (χ0v) is 10.5. The number of hydrogen-bond donors (Lipinski definition) is 1. The second-order valence-electron chi connectivity index (χ2n) is 4.05. The summed E-state index contributed by atoms with van der Waals surface area (Å²) in [5, 5.41) is 0. The van der Waals surface area contributed by atoms with Crippen LogP contribution in [0.15, 0.2) is 28.7 Å². The highest BCUT2D eigenvalue weighted by atomic mass is 16.2. The molecule has 0 aromatic carbocycles. The highest BCUT2D eigenvalue weighted by Crippen LogP contribution is 2.09. The molecule has 1 rings (SSSR count). The average molecular weight is 236 g/mol. The van der Waals surface area contributed by atoms with Gasteiger partial charge in [-0.25, -0.2) is 4.99 Å². The van der Waals surface area contributed by atoms with E-state index in [-0.39, 0.29) is 5.91 Å². The van der Waals surface area contributed by atoms with E-state index in [4.69, 9.17) is 5.73 Å². The van der Waals surface area contributed by atoms with Crippen molar-refractivity contribution in [3.05, 3.63) is 23.7 Å². The molecule has 1 fully saturated rings. The predicted molar refractivity (Wildman–Crippen MR) is 69.4 cm³/mol. The van der Waals surface area contributed by atoms with Crippen LogP contribution in [0.25, 0.3) is 0 Å². The van der Waals surface area contributed by atoms with Crippen molar-refractivity contribution in [3.63, 3.8) is 0 Å². The summed E-state index contributed by atoms with van der Waals surface area (Å²) < 4.78 is 0. The molecule has 1 amide bonds. The third-order valence-corrected chi connectivity index (χ3v) is 2.90. The number of amides is 1. The zero-order valence-electron chi connectivity index (χ0n) is 10.5. The molecule has 0 bridgehead atoms. The molecule has 0 aromatic rings. The number of aliphatic imine (C=N–C) groups is 1. The fourth-order valence-corrected chi connectivity index (χ4v) is 1.74. The second kappa shape index (κ2) is 6.08. The van der Waals surface area contributed by atoms with E-state index in [1.807, 2.05) is 17.9 Å². The summed E-state index contributed by atoms with van der Waals surface area (Å²) in [5.74, 6) is 0.554. The lowest BCUT2D eigenvalue weighted by atomic mass is 10.2. The third-order valence-electron chi connectivity index (χ3n) is 2.90. The van der Waals surface area contributed by atoms with Crippen LogP contribution in [0.5, 0.6) is 0 Å². The molecule has 1 heterocycles. The Morgan fingerprint density at radius 3 is 2.18 bits per heavy atom. The summed E-state index contributed by atoms with van der Waals surface area (Å²) in [6.45, 7) is 10.3. The average Bonchev–Trinajstić information content (AvgIpc) is 2.35. The fraction of sp³-hybridized carbons (Fsp3) is 0.500. The maximum Gasteiger partial charge on any atom is 0.219 e. The standard InChI is InChI=1S/C12H20N4O/c1-10(4-5-12(13)14-3)15-6-8-16(9-7-15)11(2)17/h4-5H,3,6-9,13H2,1-2H3/b10-4+,12-5-. The van der Waals surface area contributed by atoms with Crippen LogP contribution < -0.4 is 5.73 Å². The van der Waals surface area contributed by atoms with Gasteiger partial charge in [-0.1, -0.05) is 0 Å². The van der Waals surface area contributed by atoms with Crippen LogP contribution in [-0.4, -0.2) is 48.6 Å². The molecule has 1 saturated heterocycles. The van der Waals surface area contributed by atoms with Gasteiger partial charge in [0.05, 0.1) is 0 Å². The summed E-state index contributed by atoms with van der Waals surface area (Å²) in [5.41, 5.74) is 6.65. The molecule has 5 nitrogen and oxygen atoms in total. The van der Waals surface area contributed by atoms with Gasteiger partial charge >= 0.3 is 0 Å². The summed E-state index contributed by atoms with van der Waals surface area (Å²) >= 11 is 0. The Kier molecular flexibility index (Phi) is 4.75. The van der Waals surface area contributed by atoms with Crippen LogP contribution in [0, 0.1) is 0 Å². The van der Waals surface area contributed by atoms with E-state index in [9.17, 15) is 4.79 Å². The molecular weight excluding hydrogens is 216 g/mol. The van der Waals surface area contributed by atoms with Gasteiger partial charge in [0.1, 0.15) is 5.82 Å². The highest BCUT2D eigenvalue weighted by molar-refractivity contribution is 5.73. The molecule has 0 spiro atoms. The van der Waals surface area contributed by atoms with Crippen LogP contribution in [-0.2, 0) is 4.79 Å². The number of rotatable bonds is 3. The molecule has 0 aliphatic carbocycles. The summed E-state index contributed by atoms with van der Waals surface area (Å²) in [6, 6.07) is 0. The number of nitrogens with zero attached hydrogens (tertiary/aromatic N) is 3. The van der Waals surface area contributed by atoms with Crippen molar-refractivity contribution in [3.8, 4) is 0 Å². The van der Waals surface area contributed by atoms with E-state index in [2.05, 4.69) is 16.6 Å². The molecule has 5 heteroatoms. The Morgan fingerprint density at radius 1 is 1.18 bits per heavy atom. The minimum absolute atomic E-state index is 0.145. The van der Waals surface area contributed by atoms with Gasteiger partial charge < -0.3 is 15.5 Å². The number of allylic oxidation sites excluding steroid dienone is 3. The van der Waals surface area contributed by atoms with Crippen molar-refractivity contribution in [2.24, 2.45) is 10.7 Å². The molecule has 0 radical (unpaired) electrons. The van der Waals surface area contributed by atoms with E-state index in [0.717, 1.165) is 31.9 Å². The van der Waals surface area contributed by atoms with Crippen LogP contribution in [0.2, 0.25) is 0 Å². The van der Waals surface area contributed by atoms with Gasteiger partial charge in [0.15, 0.2) is 0 Å². The summed E-state index contributed by atoms with van der Waals surface area (Å²) in [6.07, 6.45) is 3.66. The first-order valence-electron chi connectivity index (χ1n) is 5.66. The Hall–Kier alpha value is -1.78. The Bertz CT molecular complexity index is 352. The molecule has 1 aliphatic heterocycles. The molecule has 1 aliphatic rings. The minimum atomic E-state index is 0.145. The first-order valence-corrected chi connectivity index (χ1v) is 5.66. The van der Waals surface area contributed by atoms with E-state index in [0.29, 0.717) is 5.82 Å². The van der Waals surface area contributed by atoms with Crippen molar-refractivity contribution < 1.29 is 4.79 Å². The molecule has 0 unspecified atom stereocenters. The van der Waals surface area contributed by atoms with E-state index in [1.54, 1.807) is 13.0 Å². The topological polar surface area (TPSA) is 61.9 Å². The van der Waals surface area contributed by atoms with Crippen LogP contribution in [0.4, 0.5) is 0 Å². The maximum absolute atomic E-state index is 11.2. The fourth-order valence-electron chi connectivity index (χ4n) is 1.74. The van der Waals surface area contributed by atoms with Gasteiger partial charge in [0.25, 0.3) is 0 Å². The monoisotopic (exact) mass is 236 g/mol. The number of carbonyl (C=O) groups is 1. The van der Waals surface area contributed by atoms with Crippen molar-refractivity contribution in [2.45, 2.75) is 13.8 Å². The van der Waals surface area contributed by atoms with Crippen LogP contribution in [0.3, 0.4) is 0 Å². The van der Waals surface area contributed by atoms with Crippen molar-refractivity contribution in [1.82, 2.24) is 9.80 Å². The summed E-state index contributed by atoms with van der Waals surface area (Å²) in [4.78, 5) is 18.9. The second-order valence-corrected chi connectivity index (χ2v) is 4.05. The highest BCUT2D eigenvalue weighted by Gasteiger charge is 2.17. The lowest BCUT2D eigenvalue weighted by molar-refractivity contribution is -0.130. The van der Waals surface area contributed by atoms with E-state index >= 15 is 0 Å². The molecule has 2 N–H and O–H groups in total. The van der Waals surface area contributed by atoms with Crippen molar-refractivity contribution >= 4 is 12.6 Å². The van der Waals surface area contributed by atoms with Crippen LogP contribution >= 0.6 is 0 Å². The number of piperazine rings is 1. The quantitative estimate of drug-likeness (QED) is 0.575. The van der Waals surface area contributed by atoms with E-state index in [1.165, 1.54) is 0 Å². The lowest BCUT2D eigenvalue weighted by Gasteiger charge is -2.36. The maximum atomic E-state index is 11.2. The number of carbonyl (C=O) groups excluding carboxylic acids is 1. The smallest absolute Gasteiger partial charge is 0.219 e. The molecule has 17 heavy (non-hydrogen) atoms. The zero-order chi connectivity index (χ0) is 12.8. The molecule has 0 atom stereocenters. The molecule has 0 saturated carbocycles. The molecular formula is C12H20N4O. The largest absolute Gasteiger partial charge is 0.384 e. The summed E-state index contributed by atoms with van der Waals surface area (Å²) in [7, 11) is 0. The normalized spacial score (nSPS) is 18.2. The van der Waals surface area contributed by atoms with Crippen molar-refractivity contribution in [2.75, 3.05) is 26.2 Å². The molecule has 94 valence electrons. The SMILES string of the molecule is C=N/C(N)=C\C=C(/C)N1CCN(C(C)=O)CC1.